The highest BCUT2D eigenvalue weighted by Crippen LogP contribution is 2.32. The maximum Gasteiger partial charge on any atom is 0.222 e. The van der Waals surface area contributed by atoms with Gasteiger partial charge in [-0.3, -0.25) is 4.79 Å². The molecule has 1 saturated carbocycles. The maximum absolute atomic E-state index is 11.9. The second-order valence-electron chi connectivity index (χ2n) is 6.70. The number of nitrogens with one attached hydrogen (secondary N) is 1. The van der Waals surface area contributed by atoms with Gasteiger partial charge in [-0.1, -0.05) is 19.8 Å². The van der Waals surface area contributed by atoms with Crippen LogP contribution in [0.25, 0.3) is 0 Å². The molecule has 1 aliphatic heterocycles. The van der Waals surface area contributed by atoms with E-state index in [9.17, 15) is 9.90 Å². The quantitative estimate of drug-likeness (QED) is 0.782. The van der Waals surface area contributed by atoms with Crippen molar-refractivity contribution in [2.24, 2.45) is 5.92 Å². The van der Waals surface area contributed by atoms with Crippen LogP contribution in [-0.2, 0) is 4.79 Å². The van der Waals surface area contributed by atoms with Gasteiger partial charge in [0.15, 0.2) is 0 Å². The van der Waals surface area contributed by atoms with Gasteiger partial charge in [0.2, 0.25) is 5.91 Å². The first-order chi connectivity index (χ1) is 9.61. The largest absolute Gasteiger partial charge is 0.389 e. The molecule has 1 heterocycles. The summed E-state index contributed by atoms with van der Waals surface area (Å²) in [6, 6.07) is 0. The fourth-order valence-corrected chi connectivity index (χ4v) is 3.56. The molecule has 0 spiro atoms. The molecule has 0 radical (unpaired) electrons. The Kier molecular flexibility index (Phi) is 5.85. The lowest BCUT2D eigenvalue weighted by molar-refractivity contribution is -0.126. The summed E-state index contributed by atoms with van der Waals surface area (Å²) in [4.78, 5) is 14.4. The highest BCUT2D eigenvalue weighted by Gasteiger charge is 2.33. The molecule has 0 aromatic rings. The van der Waals surface area contributed by atoms with Crippen molar-refractivity contribution in [1.29, 1.82) is 0 Å². The van der Waals surface area contributed by atoms with E-state index >= 15 is 0 Å². The molecule has 4 nitrogen and oxygen atoms in total. The van der Waals surface area contributed by atoms with Crippen molar-refractivity contribution in [3.63, 3.8) is 0 Å². The van der Waals surface area contributed by atoms with E-state index < -0.39 is 5.60 Å². The smallest absolute Gasteiger partial charge is 0.222 e. The van der Waals surface area contributed by atoms with Crippen molar-refractivity contribution in [2.75, 3.05) is 26.2 Å². The van der Waals surface area contributed by atoms with Gasteiger partial charge in [-0.05, 0) is 57.7 Å². The summed E-state index contributed by atoms with van der Waals surface area (Å²) >= 11 is 0. The van der Waals surface area contributed by atoms with Gasteiger partial charge < -0.3 is 15.3 Å². The average molecular weight is 282 g/mol. The summed E-state index contributed by atoms with van der Waals surface area (Å²) in [5, 5.41) is 13.3. The van der Waals surface area contributed by atoms with E-state index in [4.69, 9.17) is 0 Å². The average Bonchev–Trinajstić information content (AvgIpc) is 2.85. The first kappa shape index (κ1) is 15.8. The van der Waals surface area contributed by atoms with Gasteiger partial charge >= 0.3 is 0 Å². The lowest BCUT2D eigenvalue weighted by atomic mass is 9.95. The number of likely N-dealkylation sites (tertiary alicyclic amines) is 1. The molecule has 0 aromatic carbocycles. The van der Waals surface area contributed by atoms with E-state index in [0.717, 1.165) is 45.3 Å². The number of aliphatic hydroxyl groups is 1. The minimum absolute atomic E-state index is 0.0328. The van der Waals surface area contributed by atoms with Crippen LogP contribution < -0.4 is 5.32 Å². The van der Waals surface area contributed by atoms with Crippen molar-refractivity contribution >= 4 is 5.91 Å². The molecule has 2 N–H and O–H groups in total. The lowest BCUT2D eigenvalue weighted by Crippen LogP contribution is -2.40. The summed E-state index contributed by atoms with van der Waals surface area (Å²) in [6.45, 7) is 6.54. The number of rotatable bonds is 6. The topological polar surface area (TPSA) is 52.6 Å². The summed E-state index contributed by atoms with van der Waals surface area (Å²) in [6.07, 6.45) is 7.57. The number of nitrogens with zero attached hydrogens (tertiary/aromatic N) is 1. The Morgan fingerprint density at radius 3 is 2.55 bits per heavy atom. The van der Waals surface area contributed by atoms with Crippen LogP contribution in [0.3, 0.4) is 0 Å². The molecule has 0 bridgehead atoms. The van der Waals surface area contributed by atoms with Crippen LogP contribution in [0.4, 0.5) is 0 Å². The predicted molar refractivity (Wildman–Crippen MR) is 80.5 cm³/mol. The Morgan fingerprint density at radius 2 is 1.95 bits per heavy atom. The highest BCUT2D eigenvalue weighted by atomic mass is 16.3. The van der Waals surface area contributed by atoms with Gasteiger partial charge in [0.1, 0.15) is 0 Å². The molecular formula is C16H30N2O2. The molecule has 1 amide bonds. The number of carbonyl (C=O) groups excluding carboxylic acids is 1. The second-order valence-corrected chi connectivity index (χ2v) is 6.70. The third-order valence-corrected chi connectivity index (χ3v) is 4.86. The third kappa shape index (κ3) is 4.74. The van der Waals surface area contributed by atoms with E-state index in [2.05, 4.69) is 17.1 Å². The van der Waals surface area contributed by atoms with Gasteiger partial charge in [0.25, 0.3) is 0 Å². The molecule has 116 valence electrons. The Hall–Kier alpha value is -0.610. The number of hydrogen-bond acceptors (Lipinski definition) is 3. The second kappa shape index (κ2) is 7.41. The summed E-state index contributed by atoms with van der Waals surface area (Å²) in [5.74, 6) is 0.649. The van der Waals surface area contributed by atoms with Crippen LogP contribution in [0.5, 0.6) is 0 Å². The zero-order valence-electron chi connectivity index (χ0n) is 12.9. The van der Waals surface area contributed by atoms with Crippen molar-refractivity contribution in [3.05, 3.63) is 0 Å². The van der Waals surface area contributed by atoms with Crippen LogP contribution in [-0.4, -0.2) is 47.7 Å². The Labute approximate surface area is 122 Å². The van der Waals surface area contributed by atoms with Crippen LogP contribution in [0.2, 0.25) is 0 Å². The standard InChI is InChI=1S/C16H30N2O2/c1-2-9-18-10-5-14(6-11-18)13-17-15(19)12-16(20)7-3-4-8-16/h14,20H,2-13H2,1H3,(H,17,19). The van der Waals surface area contributed by atoms with Gasteiger partial charge in [-0.25, -0.2) is 0 Å². The maximum atomic E-state index is 11.9. The van der Waals surface area contributed by atoms with Crippen molar-refractivity contribution in [1.82, 2.24) is 10.2 Å². The number of hydrogen-bond donors (Lipinski definition) is 2. The molecule has 0 unspecified atom stereocenters. The molecule has 0 aromatic heterocycles. The monoisotopic (exact) mass is 282 g/mol. The molecule has 2 aliphatic rings. The molecule has 1 saturated heterocycles. The number of amides is 1. The predicted octanol–water partition coefficient (Wildman–Crippen LogP) is 1.92. The zero-order chi connectivity index (χ0) is 14.4. The van der Waals surface area contributed by atoms with Crippen LogP contribution in [0.15, 0.2) is 0 Å². The van der Waals surface area contributed by atoms with Gasteiger partial charge in [-0.2, -0.15) is 0 Å². The van der Waals surface area contributed by atoms with E-state index in [1.54, 1.807) is 0 Å². The Balaban J connectivity index is 1.62. The highest BCUT2D eigenvalue weighted by molar-refractivity contribution is 5.77. The SMILES string of the molecule is CCCN1CCC(CNC(=O)CC2(O)CCCC2)CC1. The van der Waals surface area contributed by atoms with Crippen molar-refractivity contribution < 1.29 is 9.90 Å². The van der Waals surface area contributed by atoms with Crippen LogP contribution in [0.1, 0.15) is 58.3 Å². The van der Waals surface area contributed by atoms with E-state index in [0.29, 0.717) is 12.3 Å². The van der Waals surface area contributed by atoms with Crippen molar-refractivity contribution in [2.45, 2.75) is 63.9 Å². The van der Waals surface area contributed by atoms with Crippen LogP contribution in [0, 0.1) is 5.92 Å². The Bertz CT molecular complexity index is 306. The van der Waals surface area contributed by atoms with Gasteiger partial charge in [0, 0.05) is 6.54 Å². The molecule has 20 heavy (non-hydrogen) atoms. The summed E-state index contributed by atoms with van der Waals surface area (Å²) in [5.41, 5.74) is -0.714. The summed E-state index contributed by atoms with van der Waals surface area (Å²) < 4.78 is 0. The number of piperidine rings is 1. The summed E-state index contributed by atoms with van der Waals surface area (Å²) in [7, 11) is 0. The van der Waals surface area contributed by atoms with Crippen molar-refractivity contribution in [3.8, 4) is 0 Å². The fourth-order valence-electron chi connectivity index (χ4n) is 3.56. The van der Waals surface area contributed by atoms with Gasteiger partial charge in [0.05, 0.1) is 12.0 Å². The molecule has 0 atom stereocenters. The molecular weight excluding hydrogens is 252 g/mol. The molecule has 4 heteroatoms. The van der Waals surface area contributed by atoms with Gasteiger partial charge in [-0.15, -0.1) is 0 Å². The first-order valence-corrected chi connectivity index (χ1v) is 8.33. The van der Waals surface area contributed by atoms with E-state index in [1.807, 2.05) is 0 Å². The molecule has 2 fully saturated rings. The first-order valence-electron chi connectivity index (χ1n) is 8.33. The molecule has 1 aliphatic carbocycles. The zero-order valence-corrected chi connectivity index (χ0v) is 12.9. The minimum atomic E-state index is -0.714. The minimum Gasteiger partial charge on any atom is -0.389 e. The Morgan fingerprint density at radius 1 is 1.30 bits per heavy atom. The lowest BCUT2D eigenvalue weighted by Gasteiger charge is -2.32. The van der Waals surface area contributed by atoms with E-state index in [1.165, 1.54) is 25.8 Å². The van der Waals surface area contributed by atoms with E-state index in [-0.39, 0.29) is 5.91 Å². The fraction of sp³-hybridized carbons (Fsp3) is 0.938. The third-order valence-electron chi connectivity index (χ3n) is 4.86. The normalized spacial score (nSPS) is 23.9. The number of carbonyl (C=O) groups is 1. The molecule has 2 rings (SSSR count). The van der Waals surface area contributed by atoms with Crippen LogP contribution >= 0.6 is 0 Å².